The minimum absolute atomic E-state index is 0.0605. The Morgan fingerprint density at radius 3 is 2.70 bits per heavy atom. The molecule has 1 N–H and O–H groups in total. The van der Waals surface area contributed by atoms with E-state index in [1.165, 1.54) is 0 Å². The third-order valence-electron chi connectivity index (χ3n) is 5.05. The summed E-state index contributed by atoms with van der Waals surface area (Å²) < 4.78 is 0. The van der Waals surface area contributed by atoms with Crippen LogP contribution in [0, 0.1) is 0 Å². The third kappa shape index (κ3) is 1.79. The van der Waals surface area contributed by atoms with Gasteiger partial charge in [0.25, 0.3) is 0 Å². The van der Waals surface area contributed by atoms with Crippen LogP contribution in [-0.2, 0) is 10.2 Å². The van der Waals surface area contributed by atoms with Gasteiger partial charge in [-0.05, 0) is 37.6 Å². The van der Waals surface area contributed by atoms with Gasteiger partial charge in [0.05, 0.1) is 16.8 Å². The van der Waals surface area contributed by atoms with Crippen LogP contribution in [0.5, 0.6) is 0 Å². The van der Waals surface area contributed by atoms with Crippen molar-refractivity contribution in [1.82, 2.24) is 4.98 Å². The molecule has 2 aromatic rings. The van der Waals surface area contributed by atoms with Gasteiger partial charge >= 0.3 is 0 Å². The number of likely N-dealkylation sites (N-methyl/N-ethyl adjacent to an activating group) is 1. The fourth-order valence-electron chi connectivity index (χ4n) is 3.63. The molecule has 0 bridgehead atoms. The second-order valence-corrected chi connectivity index (χ2v) is 6.82. The van der Waals surface area contributed by atoms with Crippen molar-refractivity contribution in [2.75, 3.05) is 29.2 Å². The molecule has 1 aromatic carbocycles. The zero-order valence-corrected chi connectivity index (χ0v) is 13.8. The number of fused-ring (bicyclic) bond motifs is 2. The summed E-state index contributed by atoms with van der Waals surface area (Å²) in [5.74, 6) is 0.141. The van der Waals surface area contributed by atoms with E-state index in [1.807, 2.05) is 33.2 Å². The maximum Gasteiger partial charge on any atom is 0.236 e. The van der Waals surface area contributed by atoms with E-state index in [0.717, 1.165) is 28.2 Å². The standard InChI is InChI=1S/C18H20N4O/c1-18(2)12-8-13-15(9-14(12)22(4)17(18)23)21(3)16(20-13)11-6-5-7-19-10-11/h5-10,16,20H,1-4H3. The topological polar surface area (TPSA) is 48.5 Å². The van der Waals surface area contributed by atoms with E-state index >= 15 is 0 Å². The summed E-state index contributed by atoms with van der Waals surface area (Å²) in [6, 6.07) is 8.25. The Labute approximate surface area is 135 Å². The molecule has 0 aliphatic carbocycles. The fourth-order valence-corrected chi connectivity index (χ4v) is 3.63. The number of hydrogen-bond donors (Lipinski definition) is 1. The number of amides is 1. The predicted octanol–water partition coefficient (Wildman–Crippen LogP) is 2.90. The van der Waals surface area contributed by atoms with Gasteiger partial charge in [-0.2, -0.15) is 0 Å². The second kappa shape index (κ2) is 4.47. The summed E-state index contributed by atoms with van der Waals surface area (Å²) in [4.78, 5) is 20.6. The molecule has 3 heterocycles. The van der Waals surface area contributed by atoms with E-state index in [-0.39, 0.29) is 12.1 Å². The van der Waals surface area contributed by atoms with Crippen molar-refractivity contribution in [2.45, 2.75) is 25.4 Å². The van der Waals surface area contributed by atoms with Crippen LogP contribution in [0.2, 0.25) is 0 Å². The molecule has 2 aliphatic heterocycles. The Kier molecular flexibility index (Phi) is 2.73. The highest BCUT2D eigenvalue weighted by molar-refractivity contribution is 6.08. The Morgan fingerprint density at radius 2 is 2.00 bits per heavy atom. The van der Waals surface area contributed by atoms with Crippen molar-refractivity contribution >= 4 is 23.0 Å². The van der Waals surface area contributed by atoms with Crippen LogP contribution in [0.15, 0.2) is 36.7 Å². The second-order valence-electron chi connectivity index (χ2n) is 6.82. The van der Waals surface area contributed by atoms with Gasteiger partial charge in [0, 0.05) is 37.7 Å². The summed E-state index contributed by atoms with van der Waals surface area (Å²) >= 11 is 0. The van der Waals surface area contributed by atoms with Gasteiger partial charge < -0.3 is 15.1 Å². The summed E-state index contributed by atoms with van der Waals surface area (Å²) in [5, 5.41) is 3.55. The number of rotatable bonds is 1. The molecule has 0 saturated carbocycles. The molecule has 1 aromatic heterocycles. The zero-order chi connectivity index (χ0) is 16.4. The van der Waals surface area contributed by atoms with Gasteiger partial charge in [0.1, 0.15) is 6.17 Å². The van der Waals surface area contributed by atoms with Crippen LogP contribution >= 0.6 is 0 Å². The minimum atomic E-state index is -0.480. The Bertz CT molecular complexity index is 800. The predicted molar refractivity (Wildman–Crippen MR) is 91.9 cm³/mol. The molecule has 5 heteroatoms. The number of hydrogen-bond acceptors (Lipinski definition) is 4. The quantitative estimate of drug-likeness (QED) is 0.880. The van der Waals surface area contributed by atoms with Gasteiger partial charge in [0.2, 0.25) is 5.91 Å². The van der Waals surface area contributed by atoms with E-state index in [0.29, 0.717) is 0 Å². The van der Waals surface area contributed by atoms with Crippen LogP contribution < -0.4 is 15.1 Å². The summed E-state index contributed by atoms with van der Waals surface area (Å²) in [6.07, 6.45) is 3.72. The number of nitrogens with zero attached hydrogens (tertiary/aromatic N) is 3. The first kappa shape index (κ1) is 14.1. The average Bonchev–Trinajstić information content (AvgIpc) is 2.96. The van der Waals surface area contributed by atoms with E-state index in [4.69, 9.17) is 0 Å². The van der Waals surface area contributed by atoms with Gasteiger partial charge in [-0.3, -0.25) is 9.78 Å². The summed E-state index contributed by atoms with van der Waals surface area (Å²) in [7, 11) is 3.91. The lowest BCUT2D eigenvalue weighted by Gasteiger charge is -2.22. The molecule has 0 spiro atoms. The molecular weight excluding hydrogens is 288 g/mol. The van der Waals surface area contributed by atoms with E-state index in [9.17, 15) is 4.79 Å². The van der Waals surface area contributed by atoms with E-state index in [2.05, 4.69) is 40.4 Å². The molecule has 23 heavy (non-hydrogen) atoms. The first-order chi connectivity index (χ1) is 10.9. The van der Waals surface area contributed by atoms with Crippen molar-refractivity contribution in [3.8, 4) is 0 Å². The largest absolute Gasteiger partial charge is 0.360 e. The first-order valence-corrected chi connectivity index (χ1v) is 7.77. The van der Waals surface area contributed by atoms with E-state index < -0.39 is 5.41 Å². The SMILES string of the molecule is CN1C(=O)C(C)(C)c2cc3c(cc21)N(C)C(c1cccnc1)N3. The first-order valence-electron chi connectivity index (χ1n) is 7.77. The van der Waals surface area contributed by atoms with Crippen LogP contribution in [0.3, 0.4) is 0 Å². The van der Waals surface area contributed by atoms with Crippen molar-refractivity contribution in [2.24, 2.45) is 0 Å². The third-order valence-corrected chi connectivity index (χ3v) is 5.05. The summed E-state index contributed by atoms with van der Waals surface area (Å²) in [6.45, 7) is 3.97. The molecule has 0 radical (unpaired) electrons. The molecule has 0 fully saturated rings. The minimum Gasteiger partial charge on any atom is -0.360 e. The van der Waals surface area contributed by atoms with Crippen LogP contribution in [-0.4, -0.2) is 25.0 Å². The highest BCUT2D eigenvalue weighted by atomic mass is 16.2. The van der Waals surface area contributed by atoms with Crippen molar-refractivity contribution in [1.29, 1.82) is 0 Å². The Morgan fingerprint density at radius 1 is 1.22 bits per heavy atom. The molecule has 1 unspecified atom stereocenters. The number of aromatic nitrogens is 1. The van der Waals surface area contributed by atoms with Gasteiger partial charge in [-0.25, -0.2) is 0 Å². The number of nitrogens with one attached hydrogen (secondary N) is 1. The summed E-state index contributed by atoms with van der Waals surface area (Å²) in [5.41, 5.74) is 4.89. The number of benzene rings is 1. The Balaban J connectivity index is 1.80. The number of carbonyl (C=O) groups is 1. The normalized spacial score (nSPS) is 21.2. The lowest BCUT2D eigenvalue weighted by molar-refractivity contribution is -0.121. The molecule has 5 nitrogen and oxygen atoms in total. The van der Waals surface area contributed by atoms with Gasteiger partial charge in [-0.1, -0.05) is 6.07 Å². The molecule has 1 amide bonds. The lowest BCUT2D eigenvalue weighted by atomic mass is 9.86. The smallest absolute Gasteiger partial charge is 0.236 e. The van der Waals surface area contributed by atoms with Crippen LogP contribution in [0.25, 0.3) is 0 Å². The monoisotopic (exact) mass is 308 g/mol. The number of carbonyl (C=O) groups excluding carboxylic acids is 1. The Hall–Kier alpha value is -2.56. The highest BCUT2D eigenvalue weighted by Crippen LogP contribution is 2.49. The molecule has 0 saturated heterocycles. The molecule has 2 aliphatic rings. The fraction of sp³-hybridized carbons (Fsp3) is 0.333. The average molecular weight is 308 g/mol. The van der Waals surface area contributed by atoms with Crippen molar-refractivity contribution in [3.05, 3.63) is 47.8 Å². The highest BCUT2D eigenvalue weighted by Gasteiger charge is 2.44. The van der Waals surface area contributed by atoms with E-state index in [1.54, 1.807) is 11.1 Å². The number of pyridine rings is 1. The number of anilines is 3. The van der Waals surface area contributed by atoms with Gasteiger partial charge in [0.15, 0.2) is 0 Å². The zero-order valence-electron chi connectivity index (χ0n) is 13.8. The van der Waals surface area contributed by atoms with Crippen molar-refractivity contribution < 1.29 is 4.79 Å². The van der Waals surface area contributed by atoms with Crippen molar-refractivity contribution in [3.63, 3.8) is 0 Å². The molecule has 1 atom stereocenters. The van der Waals surface area contributed by atoms with Gasteiger partial charge in [-0.15, -0.1) is 0 Å². The maximum atomic E-state index is 12.5. The molecule has 118 valence electrons. The maximum absolute atomic E-state index is 12.5. The molecular formula is C18H20N4O. The van der Waals surface area contributed by atoms with Crippen LogP contribution in [0.1, 0.15) is 31.1 Å². The molecule has 4 rings (SSSR count). The lowest BCUT2D eigenvalue weighted by Crippen LogP contribution is -2.33. The van der Waals surface area contributed by atoms with Crippen LogP contribution in [0.4, 0.5) is 17.1 Å².